The lowest BCUT2D eigenvalue weighted by atomic mass is 10.1. The first-order valence-corrected chi connectivity index (χ1v) is 7.55. The molecule has 0 atom stereocenters. The molecule has 5 heteroatoms. The maximum atomic E-state index is 12.4. The van der Waals surface area contributed by atoms with Crippen molar-refractivity contribution in [2.24, 2.45) is 0 Å². The number of benzene rings is 1. The predicted octanol–water partition coefficient (Wildman–Crippen LogP) is 3.36. The molecule has 1 aromatic heterocycles. The number of rotatable bonds is 3. The molecule has 106 valence electrons. The molecular weight excluding hydrogens is 369 g/mol. The summed E-state index contributed by atoms with van der Waals surface area (Å²) in [4.78, 5) is 24.3. The number of fused-ring (bicyclic) bond motifs is 1. The topological polar surface area (TPSA) is 48.3 Å². The summed E-state index contributed by atoms with van der Waals surface area (Å²) in [6, 6.07) is 5.72. The summed E-state index contributed by atoms with van der Waals surface area (Å²) < 4.78 is 7.95. The third kappa shape index (κ3) is 2.72. The van der Waals surface area contributed by atoms with Crippen LogP contribution in [0.2, 0.25) is 0 Å². The summed E-state index contributed by atoms with van der Waals surface area (Å²) >= 11 is 2.21. The van der Waals surface area contributed by atoms with Crippen molar-refractivity contribution in [1.82, 2.24) is 4.57 Å². The van der Waals surface area contributed by atoms with Gasteiger partial charge in [-0.1, -0.05) is 0 Å². The van der Waals surface area contributed by atoms with Crippen LogP contribution in [-0.4, -0.2) is 17.1 Å². The number of carbonyl (C=O) groups is 1. The van der Waals surface area contributed by atoms with Gasteiger partial charge in [-0.3, -0.25) is 4.79 Å². The lowest BCUT2D eigenvalue weighted by molar-refractivity contribution is 0.0524. The van der Waals surface area contributed by atoms with Crippen LogP contribution in [-0.2, 0) is 4.74 Å². The van der Waals surface area contributed by atoms with Crippen molar-refractivity contribution in [3.63, 3.8) is 0 Å². The zero-order valence-electron chi connectivity index (χ0n) is 11.6. The van der Waals surface area contributed by atoms with Gasteiger partial charge in [0.2, 0.25) is 5.43 Å². The molecule has 2 rings (SSSR count). The zero-order chi connectivity index (χ0) is 14.9. The Morgan fingerprint density at radius 1 is 1.40 bits per heavy atom. The molecular formula is C15H16INO3. The molecule has 0 amide bonds. The largest absolute Gasteiger partial charge is 0.462 e. The third-order valence-electron chi connectivity index (χ3n) is 3.05. The van der Waals surface area contributed by atoms with E-state index in [2.05, 4.69) is 22.6 Å². The van der Waals surface area contributed by atoms with E-state index >= 15 is 0 Å². The van der Waals surface area contributed by atoms with Gasteiger partial charge in [0, 0.05) is 21.2 Å². The molecule has 0 saturated carbocycles. The highest BCUT2D eigenvalue weighted by Gasteiger charge is 2.17. The van der Waals surface area contributed by atoms with Gasteiger partial charge < -0.3 is 9.30 Å². The fraction of sp³-hybridized carbons (Fsp3) is 0.333. The Bertz CT molecular complexity index is 719. The minimum atomic E-state index is -0.563. The fourth-order valence-corrected chi connectivity index (χ4v) is 2.58. The second kappa shape index (κ2) is 5.95. The fourth-order valence-electron chi connectivity index (χ4n) is 2.10. The Morgan fingerprint density at radius 3 is 2.70 bits per heavy atom. The smallest absolute Gasteiger partial charge is 0.343 e. The number of hydrogen-bond acceptors (Lipinski definition) is 3. The third-order valence-corrected chi connectivity index (χ3v) is 3.72. The van der Waals surface area contributed by atoms with Crippen molar-refractivity contribution in [1.29, 1.82) is 0 Å². The number of pyridine rings is 1. The highest BCUT2D eigenvalue weighted by atomic mass is 127. The first-order chi connectivity index (χ1) is 9.45. The van der Waals surface area contributed by atoms with Gasteiger partial charge in [-0.2, -0.15) is 0 Å². The highest BCUT2D eigenvalue weighted by molar-refractivity contribution is 14.1. The highest BCUT2D eigenvalue weighted by Crippen LogP contribution is 2.19. The van der Waals surface area contributed by atoms with E-state index in [4.69, 9.17) is 4.74 Å². The number of hydrogen-bond donors (Lipinski definition) is 0. The number of ether oxygens (including phenoxy) is 1. The van der Waals surface area contributed by atoms with Gasteiger partial charge >= 0.3 is 5.97 Å². The van der Waals surface area contributed by atoms with Crippen molar-refractivity contribution < 1.29 is 9.53 Å². The average molecular weight is 385 g/mol. The summed E-state index contributed by atoms with van der Waals surface area (Å²) in [7, 11) is 0. The molecule has 0 radical (unpaired) electrons. The summed E-state index contributed by atoms with van der Waals surface area (Å²) in [5.41, 5.74) is 0.658. The van der Waals surface area contributed by atoms with E-state index in [0.29, 0.717) is 5.39 Å². The number of aromatic nitrogens is 1. The van der Waals surface area contributed by atoms with Crippen LogP contribution in [0.25, 0.3) is 10.9 Å². The van der Waals surface area contributed by atoms with Crippen LogP contribution >= 0.6 is 22.6 Å². The molecule has 0 saturated heterocycles. The molecule has 4 nitrogen and oxygen atoms in total. The normalized spacial score (nSPS) is 11.1. The molecule has 0 aliphatic heterocycles. The monoisotopic (exact) mass is 385 g/mol. The quantitative estimate of drug-likeness (QED) is 0.602. The molecule has 1 heterocycles. The Labute approximate surface area is 130 Å². The molecule has 1 aromatic carbocycles. The molecule has 0 fully saturated rings. The maximum Gasteiger partial charge on any atom is 0.343 e. The van der Waals surface area contributed by atoms with Gasteiger partial charge in [-0.05, 0) is 61.6 Å². The minimum Gasteiger partial charge on any atom is -0.462 e. The van der Waals surface area contributed by atoms with Gasteiger partial charge in [-0.25, -0.2) is 4.79 Å². The molecule has 20 heavy (non-hydrogen) atoms. The first-order valence-electron chi connectivity index (χ1n) is 6.47. The van der Waals surface area contributed by atoms with Crippen LogP contribution < -0.4 is 5.43 Å². The van der Waals surface area contributed by atoms with E-state index in [1.165, 1.54) is 0 Å². The van der Waals surface area contributed by atoms with Crippen LogP contribution in [0.5, 0.6) is 0 Å². The van der Waals surface area contributed by atoms with Crippen LogP contribution in [0, 0.1) is 3.57 Å². The van der Waals surface area contributed by atoms with Crippen molar-refractivity contribution in [3.8, 4) is 0 Å². The van der Waals surface area contributed by atoms with Crippen LogP contribution in [0.15, 0.2) is 29.2 Å². The lowest BCUT2D eigenvalue weighted by Gasteiger charge is -2.16. The van der Waals surface area contributed by atoms with Crippen molar-refractivity contribution in [2.45, 2.75) is 26.8 Å². The molecule has 2 aromatic rings. The molecule has 0 unspecified atom stereocenters. The summed E-state index contributed by atoms with van der Waals surface area (Å²) in [6.07, 6.45) is 1.60. The zero-order valence-corrected chi connectivity index (χ0v) is 13.8. The Balaban J connectivity index is 2.80. The van der Waals surface area contributed by atoms with Crippen molar-refractivity contribution in [3.05, 3.63) is 43.8 Å². The van der Waals surface area contributed by atoms with Gasteiger partial charge in [0.15, 0.2) is 0 Å². The lowest BCUT2D eigenvalue weighted by Crippen LogP contribution is -2.21. The molecule has 0 bridgehead atoms. The Morgan fingerprint density at radius 2 is 2.10 bits per heavy atom. The van der Waals surface area contributed by atoms with Crippen molar-refractivity contribution >= 4 is 39.5 Å². The van der Waals surface area contributed by atoms with Gasteiger partial charge in [0.25, 0.3) is 0 Å². The average Bonchev–Trinajstić information content (AvgIpc) is 2.38. The summed E-state index contributed by atoms with van der Waals surface area (Å²) in [6.45, 7) is 6.00. The van der Waals surface area contributed by atoms with Gasteiger partial charge in [0.05, 0.1) is 12.1 Å². The van der Waals surface area contributed by atoms with Crippen molar-refractivity contribution in [2.75, 3.05) is 6.61 Å². The summed E-state index contributed by atoms with van der Waals surface area (Å²) in [5.74, 6) is -0.563. The Kier molecular flexibility index (Phi) is 4.47. The second-order valence-electron chi connectivity index (χ2n) is 4.75. The number of carbonyl (C=O) groups excluding carboxylic acids is 1. The number of halogens is 1. The maximum absolute atomic E-state index is 12.4. The number of esters is 1. The minimum absolute atomic E-state index is 0.0919. The SMILES string of the molecule is CCOC(=O)c1cn(C(C)C)c2cc(I)ccc2c1=O. The van der Waals surface area contributed by atoms with E-state index in [0.717, 1.165) is 9.09 Å². The molecule has 0 spiro atoms. The molecule has 0 aliphatic carbocycles. The Hall–Kier alpha value is -1.37. The van der Waals surface area contributed by atoms with Crippen LogP contribution in [0.1, 0.15) is 37.2 Å². The van der Waals surface area contributed by atoms with Gasteiger partial charge in [0.1, 0.15) is 5.56 Å². The van der Waals surface area contributed by atoms with E-state index in [1.807, 2.05) is 30.5 Å². The molecule has 0 N–H and O–H groups in total. The summed E-state index contributed by atoms with van der Waals surface area (Å²) in [5, 5.41) is 0.546. The van der Waals surface area contributed by atoms with Gasteiger partial charge in [-0.15, -0.1) is 0 Å². The second-order valence-corrected chi connectivity index (χ2v) is 6.00. The van der Waals surface area contributed by atoms with Crippen LogP contribution in [0.3, 0.4) is 0 Å². The van der Waals surface area contributed by atoms with E-state index in [1.54, 1.807) is 19.2 Å². The first kappa shape index (κ1) is 15.0. The van der Waals surface area contributed by atoms with E-state index in [-0.39, 0.29) is 23.6 Å². The van der Waals surface area contributed by atoms with E-state index in [9.17, 15) is 9.59 Å². The predicted molar refractivity (Wildman–Crippen MR) is 87.3 cm³/mol. The molecule has 0 aliphatic rings. The van der Waals surface area contributed by atoms with Crippen LogP contribution in [0.4, 0.5) is 0 Å². The van der Waals surface area contributed by atoms with E-state index < -0.39 is 5.97 Å². The standard InChI is InChI=1S/C15H16INO3/c1-4-20-15(19)12-8-17(9(2)3)13-7-10(16)5-6-11(13)14(12)18/h5-9H,4H2,1-3H3. The number of nitrogens with zero attached hydrogens (tertiary/aromatic N) is 1.